The lowest BCUT2D eigenvalue weighted by Crippen LogP contribution is -2.53. The summed E-state index contributed by atoms with van der Waals surface area (Å²) in [5.74, 6) is -1.12. The number of likely N-dealkylation sites (N-methyl/N-ethyl adjacent to an activating group) is 1. The quantitative estimate of drug-likeness (QED) is 0.0541. The van der Waals surface area contributed by atoms with E-state index in [1.807, 2.05) is 34.9 Å². The highest BCUT2D eigenvalue weighted by Crippen LogP contribution is 2.05. The Balaban J connectivity index is -0.000000192. The van der Waals surface area contributed by atoms with Crippen LogP contribution in [0.15, 0.2) is 24.3 Å². The fraction of sp³-hybridized carbons (Fsp3) is 0.744. The van der Waals surface area contributed by atoms with Gasteiger partial charge in [-0.1, -0.05) is 85.1 Å². The average Bonchev–Trinajstić information content (AvgIpc) is 3.12. The number of thiol groups is 1. The number of nitrogens with one attached hydrogen (secondary N) is 4. The minimum Gasteiger partial charge on any atom is -0.393 e. The first-order valence-corrected chi connectivity index (χ1v) is 19.2. The number of aliphatic hydroxyl groups excluding tert-OH is 1. The molecule has 2 unspecified atom stereocenters. The third-order valence-electron chi connectivity index (χ3n) is 6.14. The van der Waals surface area contributed by atoms with Crippen LogP contribution < -0.4 is 27.0 Å². The SMILES string of the molecule is C=C(C)/C=C/CNC(=O)CCNC(=O)CNC(=O)C(CN)N(C)C(=O)CC(S)C=O.CC(C)CCC=O.CCC.CCCC.CNC.COC(C)(C)CO. The molecule has 14 nitrogen and oxygen atoms in total. The van der Waals surface area contributed by atoms with Crippen molar-refractivity contribution in [3.05, 3.63) is 24.3 Å². The first kappa shape index (κ1) is 62.9. The Bertz CT molecular complexity index is 971. The molecule has 0 rings (SSSR count). The van der Waals surface area contributed by atoms with Gasteiger partial charge >= 0.3 is 0 Å². The van der Waals surface area contributed by atoms with Crippen LogP contribution in [0, 0.1) is 5.92 Å². The molecular weight excluding hydrogens is 713 g/mol. The lowest BCUT2D eigenvalue weighted by molar-refractivity contribution is -0.139. The average molecular weight is 793 g/mol. The van der Waals surface area contributed by atoms with Crippen molar-refractivity contribution in [2.24, 2.45) is 11.7 Å². The number of unbranched alkanes of at least 4 members (excludes halogenated alkanes) is 1. The molecular formula is C39H80N6O8S. The summed E-state index contributed by atoms with van der Waals surface area (Å²) in [6, 6.07) is -0.990. The zero-order chi connectivity index (χ0) is 43.5. The van der Waals surface area contributed by atoms with Gasteiger partial charge < -0.3 is 51.3 Å². The second-order valence-corrected chi connectivity index (χ2v) is 13.7. The fourth-order valence-corrected chi connectivity index (χ4v) is 2.79. The number of allylic oxidation sites excluding steroid dienone is 2. The van der Waals surface area contributed by atoms with E-state index in [0.717, 1.165) is 29.6 Å². The van der Waals surface area contributed by atoms with Gasteiger partial charge in [0, 0.05) is 53.1 Å². The van der Waals surface area contributed by atoms with E-state index >= 15 is 0 Å². The van der Waals surface area contributed by atoms with Gasteiger partial charge in [-0.25, -0.2) is 0 Å². The van der Waals surface area contributed by atoms with Crippen molar-refractivity contribution in [2.45, 2.75) is 124 Å². The molecule has 54 heavy (non-hydrogen) atoms. The molecule has 0 saturated heterocycles. The number of methoxy groups -OCH3 is 1. The maximum atomic E-state index is 12.2. The number of nitrogens with zero attached hydrogens (tertiary/aromatic N) is 1. The zero-order valence-electron chi connectivity index (χ0n) is 36.0. The summed E-state index contributed by atoms with van der Waals surface area (Å²) in [5.41, 5.74) is 6.08. The van der Waals surface area contributed by atoms with Gasteiger partial charge in [-0.2, -0.15) is 12.6 Å². The normalized spacial score (nSPS) is 11.0. The summed E-state index contributed by atoms with van der Waals surface area (Å²) in [6.45, 7) is 22.1. The second kappa shape index (κ2) is 46.0. The van der Waals surface area contributed by atoms with Gasteiger partial charge in [-0.05, 0) is 47.2 Å². The molecule has 0 radical (unpaired) electrons. The monoisotopic (exact) mass is 793 g/mol. The Kier molecular flexibility index (Phi) is 53.6. The van der Waals surface area contributed by atoms with Crippen LogP contribution in [0.25, 0.3) is 0 Å². The van der Waals surface area contributed by atoms with Crippen molar-refractivity contribution in [1.82, 2.24) is 26.2 Å². The number of aliphatic hydroxyl groups is 1. The topological polar surface area (TPSA) is 209 Å². The number of nitrogens with two attached hydrogens (primary N) is 1. The van der Waals surface area contributed by atoms with Gasteiger partial charge in [0.25, 0.3) is 0 Å². The van der Waals surface area contributed by atoms with Gasteiger partial charge in [0.05, 0.1) is 24.0 Å². The van der Waals surface area contributed by atoms with E-state index in [1.54, 1.807) is 19.3 Å². The molecule has 0 bridgehead atoms. The number of carbonyl (C=O) groups excluding carboxylic acids is 6. The van der Waals surface area contributed by atoms with Gasteiger partial charge in [0.15, 0.2) is 0 Å². The Morgan fingerprint density at radius 1 is 1.00 bits per heavy atom. The number of ether oxygens (including phenoxy) is 1. The van der Waals surface area contributed by atoms with E-state index in [0.29, 0.717) is 18.7 Å². The highest BCUT2D eigenvalue weighted by molar-refractivity contribution is 7.81. The van der Waals surface area contributed by atoms with Gasteiger partial charge in [-0.3, -0.25) is 19.2 Å². The highest BCUT2D eigenvalue weighted by Gasteiger charge is 2.26. The largest absolute Gasteiger partial charge is 0.393 e. The van der Waals surface area contributed by atoms with Crippen LogP contribution >= 0.6 is 12.6 Å². The molecule has 15 heteroatoms. The Morgan fingerprint density at radius 2 is 1.52 bits per heavy atom. The van der Waals surface area contributed by atoms with Crippen molar-refractivity contribution >= 4 is 48.8 Å². The van der Waals surface area contributed by atoms with Crippen LogP contribution in [0.1, 0.15) is 107 Å². The summed E-state index contributed by atoms with van der Waals surface area (Å²) in [4.78, 5) is 69.2. The van der Waals surface area contributed by atoms with Crippen LogP contribution in [0.5, 0.6) is 0 Å². The van der Waals surface area contributed by atoms with Crippen molar-refractivity contribution in [3.8, 4) is 0 Å². The summed E-state index contributed by atoms with van der Waals surface area (Å²) in [6.07, 6.45) is 10.6. The third kappa shape index (κ3) is 53.2. The van der Waals surface area contributed by atoms with Gasteiger partial charge in [-0.15, -0.1) is 0 Å². The van der Waals surface area contributed by atoms with Crippen molar-refractivity contribution in [3.63, 3.8) is 0 Å². The maximum Gasteiger partial charge on any atom is 0.244 e. The molecule has 0 aromatic heterocycles. The molecule has 0 aliphatic heterocycles. The van der Waals surface area contributed by atoms with Crippen molar-refractivity contribution in [1.29, 1.82) is 0 Å². The maximum absolute atomic E-state index is 12.2. The van der Waals surface area contributed by atoms with Gasteiger partial charge in [0.2, 0.25) is 23.6 Å². The number of aldehydes is 2. The molecule has 0 aromatic rings. The van der Waals surface area contributed by atoms with E-state index in [4.69, 9.17) is 15.6 Å². The van der Waals surface area contributed by atoms with E-state index < -0.39 is 29.0 Å². The summed E-state index contributed by atoms with van der Waals surface area (Å²) < 4.78 is 4.84. The van der Waals surface area contributed by atoms with E-state index in [9.17, 15) is 28.8 Å². The van der Waals surface area contributed by atoms with E-state index in [-0.39, 0.29) is 50.6 Å². The first-order chi connectivity index (χ1) is 25.2. The molecule has 7 N–H and O–H groups in total. The molecule has 0 aliphatic carbocycles. The summed E-state index contributed by atoms with van der Waals surface area (Å²) >= 11 is 3.92. The summed E-state index contributed by atoms with van der Waals surface area (Å²) in [7, 11) is 6.71. The van der Waals surface area contributed by atoms with Crippen molar-refractivity contribution < 1.29 is 38.6 Å². The lowest BCUT2D eigenvalue weighted by atomic mass is 10.1. The van der Waals surface area contributed by atoms with Crippen LogP contribution in [-0.2, 0) is 33.5 Å². The molecule has 0 fully saturated rings. The minimum absolute atomic E-state index is 0.0729. The lowest BCUT2D eigenvalue weighted by Gasteiger charge is -2.26. The third-order valence-corrected chi connectivity index (χ3v) is 6.44. The Labute approximate surface area is 334 Å². The predicted octanol–water partition coefficient (Wildman–Crippen LogP) is 3.61. The van der Waals surface area contributed by atoms with Crippen LogP contribution in [-0.4, -0.2) is 124 Å². The number of rotatable bonds is 20. The first-order valence-electron chi connectivity index (χ1n) is 18.7. The molecule has 0 heterocycles. The smallest absolute Gasteiger partial charge is 0.244 e. The fourth-order valence-electron chi connectivity index (χ4n) is 2.64. The Morgan fingerprint density at radius 3 is 1.85 bits per heavy atom. The number of hydrogen-bond donors (Lipinski definition) is 7. The molecule has 2 atom stereocenters. The highest BCUT2D eigenvalue weighted by atomic mass is 32.1. The zero-order valence-corrected chi connectivity index (χ0v) is 36.9. The van der Waals surface area contributed by atoms with Crippen LogP contribution in [0.2, 0.25) is 0 Å². The van der Waals surface area contributed by atoms with E-state index in [1.165, 1.54) is 26.3 Å². The molecule has 0 spiro atoms. The minimum atomic E-state index is -0.990. The Hall–Kier alpha value is -3.11. The van der Waals surface area contributed by atoms with E-state index in [2.05, 4.69) is 82.0 Å². The van der Waals surface area contributed by atoms with Gasteiger partial charge in [0.1, 0.15) is 18.6 Å². The predicted molar refractivity (Wildman–Crippen MR) is 227 cm³/mol. The second-order valence-electron chi connectivity index (χ2n) is 13.0. The standard InChI is InChI=1S/C19H31N5O5S.C6H12O.C5H12O2.C4H10.C3H8.C2H7N/c1-13(2)5-4-7-21-16(26)6-8-22-17(27)11-23-19(29)15(10-20)24(3)18(28)9-14(30)12-25;1-6(2)4-3-5-7;1-5(2,4-6)7-3;1-3-4-2;2*1-3-2/h4-5,12,14-15,30H,1,6-11,20H2,2-3H3,(H,21,26)(H,22,27)(H,23,29);5-6H,3-4H2,1-2H3;6H,4H2,1-3H3;3-4H2,1-2H3;3H2,1-2H3;3H,1-2H3/b5-4+;;;;;. The van der Waals surface area contributed by atoms with Crippen LogP contribution in [0.3, 0.4) is 0 Å². The summed E-state index contributed by atoms with van der Waals surface area (Å²) in [5, 5.41) is 18.0. The van der Waals surface area contributed by atoms with Crippen LogP contribution in [0.4, 0.5) is 0 Å². The number of amides is 4. The number of carbonyl (C=O) groups is 6. The number of hydrogen-bond acceptors (Lipinski definition) is 11. The molecule has 0 aromatic carbocycles. The molecule has 320 valence electrons. The molecule has 0 aliphatic rings. The molecule has 4 amide bonds. The molecule has 0 saturated carbocycles. The van der Waals surface area contributed by atoms with Crippen molar-refractivity contribution in [2.75, 3.05) is 61.0 Å².